The third-order valence-electron chi connectivity index (χ3n) is 3.05. The predicted octanol–water partition coefficient (Wildman–Crippen LogP) is -0.679. The summed E-state index contributed by atoms with van der Waals surface area (Å²) in [6.07, 6.45) is 2.15. The Morgan fingerprint density at radius 1 is 1.11 bits per heavy atom. The third-order valence-corrected chi connectivity index (χ3v) is 3.05. The lowest BCUT2D eigenvalue weighted by atomic mass is 10.3. The Hall–Kier alpha value is -0.840. The molecule has 108 valence electrons. The van der Waals surface area contributed by atoms with Gasteiger partial charge in [-0.2, -0.15) is 0 Å². The Labute approximate surface area is 120 Å². The Balaban J connectivity index is 0.00000180. The fourth-order valence-electron chi connectivity index (χ4n) is 1.98. The zero-order chi connectivity index (χ0) is 12.6. The van der Waals surface area contributed by atoms with Gasteiger partial charge in [0, 0.05) is 13.1 Å². The number of morpholine rings is 1. The molecule has 0 amide bonds. The van der Waals surface area contributed by atoms with Crippen LogP contribution in [-0.4, -0.2) is 44.4 Å². The van der Waals surface area contributed by atoms with Crippen molar-refractivity contribution < 1.29 is 26.3 Å². The van der Waals surface area contributed by atoms with Gasteiger partial charge in [0.05, 0.1) is 19.8 Å². The molecule has 1 fully saturated rings. The van der Waals surface area contributed by atoms with Crippen molar-refractivity contribution >= 4 is 0 Å². The molecule has 0 aromatic heterocycles. The van der Waals surface area contributed by atoms with E-state index >= 15 is 0 Å². The number of halogens is 2. The summed E-state index contributed by atoms with van der Waals surface area (Å²) < 4.78 is 23.5. The van der Waals surface area contributed by atoms with E-state index in [9.17, 15) is 4.39 Å². The largest absolute Gasteiger partial charge is 1.00 e. The summed E-state index contributed by atoms with van der Waals surface area (Å²) in [5.41, 5.74) is 0. The first-order valence-corrected chi connectivity index (χ1v) is 6.53. The zero-order valence-electron chi connectivity index (χ0n) is 11.0. The first-order chi connectivity index (χ1) is 8.84. The maximum atomic E-state index is 12.7. The van der Waals surface area contributed by atoms with Gasteiger partial charge in [-0.3, -0.25) is 4.90 Å². The monoisotopic (exact) mass is 288 g/mol. The maximum absolute atomic E-state index is 12.7. The quantitative estimate of drug-likeness (QED) is 0.648. The van der Waals surface area contributed by atoms with Crippen molar-refractivity contribution in [3.05, 3.63) is 30.1 Å². The van der Waals surface area contributed by atoms with E-state index < -0.39 is 0 Å². The number of rotatable bonds is 6. The normalized spacial score (nSPS) is 15.8. The summed E-state index contributed by atoms with van der Waals surface area (Å²) in [6.45, 7) is 5.59. The number of hydrogen-bond donors (Lipinski definition) is 0. The highest BCUT2D eigenvalue weighted by molar-refractivity contribution is 5.21. The van der Waals surface area contributed by atoms with Crippen LogP contribution in [0.25, 0.3) is 0 Å². The van der Waals surface area contributed by atoms with Gasteiger partial charge >= 0.3 is 0 Å². The molecule has 1 aromatic rings. The molecule has 2 rings (SSSR count). The topological polar surface area (TPSA) is 21.7 Å². The number of ether oxygens (including phenoxy) is 2. The van der Waals surface area contributed by atoms with Crippen LogP contribution in [0.2, 0.25) is 0 Å². The lowest BCUT2D eigenvalue weighted by Crippen LogP contribution is -3.00. The molecule has 3 nitrogen and oxygen atoms in total. The van der Waals surface area contributed by atoms with E-state index in [4.69, 9.17) is 9.47 Å². The number of unbranched alkanes of at least 4 members (excludes halogenated alkanes) is 1. The molecule has 0 aliphatic carbocycles. The highest BCUT2D eigenvalue weighted by atomic mass is 35.5. The SMILES string of the molecule is Fc1ccc(OCCCCN2CCOCC2)cc1.[Cl-]. The van der Waals surface area contributed by atoms with Crippen LogP contribution in [0, 0.1) is 5.82 Å². The molecule has 0 N–H and O–H groups in total. The van der Waals surface area contributed by atoms with E-state index in [1.165, 1.54) is 12.1 Å². The van der Waals surface area contributed by atoms with Gasteiger partial charge in [0.25, 0.3) is 0 Å². The van der Waals surface area contributed by atoms with Crippen LogP contribution in [0.3, 0.4) is 0 Å². The average molecular weight is 289 g/mol. The van der Waals surface area contributed by atoms with Crippen LogP contribution >= 0.6 is 0 Å². The Morgan fingerprint density at radius 2 is 1.79 bits per heavy atom. The van der Waals surface area contributed by atoms with Crippen molar-refractivity contribution in [3.63, 3.8) is 0 Å². The number of benzene rings is 1. The standard InChI is InChI=1S/C14H20FNO2.ClH/c15-13-3-5-14(6-4-13)18-10-2-1-7-16-8-11-17-12-9-16;/h3-6H,1-2,7-12H2;1H/p-1. The second-order valence-corrected chi connectivity index (χ2v) is 4.46. The Kier molecular flexibility index (Phi) is 7.79. The van der Waals surface area contributed by atoms with Gasteiger partial charge < -0.3 is 21.9 Å². The second kappa shape index (κ2) is 9.13. The summed E-state index contributed by atoms with van der Waals surface area (Å²) >= 11 is 0. The highest BCUT2D eigenvalue weighted by Gasteiger charge is 2.08. The fraction of sp³-hybridized carbons (Fsp3) is 0.571. The first kappa shape index (κ1) is 16.2. The third kappa shape index (κ3) is 6.23. The molecule has 1 aliphatic heterocycles. The zero-order valence-corrected chi connectivity index (χ0v) is 11.7. The summed E-state index contributed by atoms with van der Waals surface area (Å²) in [6, 6.07) is 6.17. The van der Waals surface area contributed by atoms with Gasteiger partial charge in [-0.25, -0.2) is 4.39 Å². The van der Waals surface area contributed by atoms with E-state index in [2.05, 4.69) is 4.90 Å². The molecule has 1 aliphatic rings. The minimum Gasteiger partial charge on any atom is -1.00 e. The van der Waals surface area contributed by atoms with Crippen LogP contribution < -0.4 is 17.1 Å². The summed E-state index contributed by atoms with van der Waals surface area (Å²) in [5.74, 6) is 0.512. The minimum atomic E-state index is -0.227. The van der Waals surface area contributed by atoms with Gasteiger partial charge in [-0.1, -0.05) is 0 Å². The summed E-state index contributed by atoms with van der Waals surface area (Å²) in [4.78, 5) is 2.42. The van der Waals surface area contributed by atoms with Gasteiger partial charge in [0.1, 0.15) is 11.6 Å². The lowest BCUT2D eigenvalue weighted by molar-refractivity contribution is -0.00000654. The second-order valence-electron chi connectivity index (χ2n) is 4.46. The van der Waals surface area contributed by atoms with E-state index in [0.29, 0.717) is 6.61 Å². The molecule has 0 atom stereocenters. The lowest BCUT2D eigenvalue weighted by Gasteiger charge is -2.26. The minimum absolute atomic E-state index is 0. The summed E-state index contributed by atoms with van der Waals surface area (Å²) in [5, 5.41) is 0. The van der Waals surface area contributed by atoms with Crippen molar-refractivity contribution in [1.29, 1.82) is 0 Å². The molecule has 1 aromatic carbocycles. The highest BCUT2D eigenvalue weighted by Crippen LogP contribution is 2.11. The van der Waals surface area contributed by atoms with E-state index in [1.54, 1.807) is 12.1 Å². The molecule has 0 spiro atoms. The molecular formula is C14H20ClFNO2-. The molecule has 0 bridgehead atoms. The molecule has 1 saturated heterocycles. The average Bonchev–Trinajstić information content (AvgIpc) is 2.42. The molecule has 1 heterocycles. The van der Waals surface area contributed by atoms with Crippen LogP contribution in [0.5, 0.6) is 5.75 Å². The number of hydrogen-bond acceptors (Lipinski definition) is 3. The van der Waals surface area contributed by atoms with Crippen molar-refractivity contribution in [2.45, 2.75) is 12.8 Å². The van der Waals surface area contributed by atoms with Gasteiger partial charge in [-0.05, 0) is 43.7 Å². The van der Waals surface area contributed by atoms with Crippen LogP contribution in [-0.2, 0) is 4.74 Å². The van der Waals surface area contributed by atoms with Crippen LogP contribution in [0.1, 0.15) is 12.8 Å². The predicted molar refractivity (Wildman–Crippen MR) is 68.4 cm³/mol. The van der Waals surface area contributed by atoms with Crippen molar-refractivity contribution in [1.82, 2.24) is 4.90 Å². The van der Waals surface area contributed by atoms with Crippen molar-refractivity contribution in [3.8, 4) is 5.75 Å². The van der Waals surface area contributed by atoms with Crippen molar-refractivity contribution in [2.75, 3.05) is 39.5 Å². The van der Waals surface area contributed by atoms with Crippen LogP contribution in [0.4, 0.5) is 4.39 Å². The first-order valence-electron chi connectivity index (χ1n) is 6.53. The van der Waals surface area contributed by atoms with Gasteiger partial charge in [0.2, 0.25) is 0 Å². The van der Waals surface area contributed by atoms with Crippen LogP contribution in [0.15, 0.2) is 24.3 Å². The molecule has 0 saturated carbocycles. The fourth-order valence-corrected chi connectivity index (χ4v) is 1.98. The molecule has 5 heteroatoms. The van der Waals surface area contributed by atoms with Gasteiger partial charge in [-0.15, -0.1) is 0 Å². The summed E-state index contributed by atoms with van der Waals surface area (Å²) in [7, 11) is 0. The van der Waals surface area contributed by atoms with E-state index in [0.717, 1.165) is 51.4 Å². The van der Waals surface area contributed by atoms with E-state index in [-0.39, 0.29) is 18.2 Å². The molecule has 19 heavy (non-hydrogen) atoms. The molecule has 0 radical (unpaired) electrons. The van der Waals surface area contributed by atoms with Gasteiger partial charge in [0.15, 0.2) is 0 Å². The Bertz CT molecular complexity index is 342. The Morgan fingerprint density at radius 3 is 2.47 bits per heavy atom. The number of nitrogens with zero attached hydrogens (tertiary/aromatic N) is 1. The molecular weight excluding hydrogens is 269 g/mol. The molecule has 0 unspecified atom stereocenters. The van der Waals surface area contributed by atoms with E-state index in [1.807, 2.05) is 0 Å². The van der Waals surface area contributed by atoms with Crippen molar-refractivity contribution in [2.24, 2.45) is 0 Å². The smallest absolute Gasteiger partial charge is 0.123 e. The maximum Gasteiger partial charge on any atom is 0.123 e.